The van der Waals surface area contributed by atoms with Crippen LogP contribution in [0, 0.1) is 0 Å². The molecule has 7 heteroatoms. The summed E-state index contributed by atoms with van der Waals surface area (Å²) in [4.78, 5) is 17.2. The molecule has 0 spiro atoms. The van der Waals surface area contributed by atoms with Crippen molar-refractivity contribution in [3.05, 3.63) is 83.8 Å². The number of pyridine rings is 1. The molecule has 2 aromatic carbocycles. The Morgan fingerprint density at radius 2 is 1.97 bits per heavy atom. The van der Waals surface area contributed by atoms with E-state index in [1.54, 1.807) is 13.3 Å². The zero-order valence-electron chi connectivity index (χ0n) is 18.7. The average Bonchev–Trinajstić information content (AvgIpc) is 3.25. The number of nitrogens with one attached hydrogen (secondary N) is 3. The maximum absolute atomic E-state index is 12.9. The number of hydrogen-bond acceptors (Lipinski definition) is 5. The highest BCUT2D eigenvalue weighted by atomic mass is 16.5. The molecule has 0 saturated heterocycles. The summed E-state index contributed by atoms with van der Waals surface area (Å²) in [5.41, 5.74) is 4.78. The molecule has 1 atom stereocenters. The zero-order chi connectivity index (χ0) is 23.0. The van der Waals surface area contributed by atoms with Crippen molar-refractivity contribution < 1.29 is 9.53 Å². The molecule has 4 rings (SSSR count). The van der Waals surface area contributed by atoms with Crippen molar-refractivity contribution in [2.45, 2.75) is 19.4 Å². The molecular formula is C26H27N5O2. The van der Waals surface area contributed by atoms with E-state index in [1.807, 2.05) is 79.7 Å². The lowest BCUT2D eigenvalue weighted by Crippen LogP contribution is -2.37. The van der Waals surface area contributed by atoms with Gasteiger partial charge in [-0.1, -0.05) is 25.1 Å². The van der Waals surface area contributed by atoms with E-state index >= 15 is 0 Å². The third kappa shape index (κ3) is 5.45. The highest BCUT2D eigenvalue weighted by Gasteiger charge is 2.15. The Labute approximate surface area is 192 Å². The number of hydrogen-bond donors (Lipinski definition) is 3. The van der Waals surface area contributed by atoms with Crippen LogP contribution in [0.15, 0.2) is 66.9 Å². The van der Waals surface area contributed by atoms with E-state index in [1.165, 1.54) is 0 Å². The first kappa shape index (κ1) is 22.2. The Morgan fingerprint density at radius 1 is 1.12 bits per heavy atom. The summed E-state index contributed by atoms with van der Waals surface area (Å²) in [6, 6.07) is 19.2. The second-order valence-corrected chi connectivity index (χ2v) is 7.66. The summed E-state index contributed by atoms with van der Waals surface area (Å²) >= 11 is 0. The van der Waals surface area contributed by atoms with E-state index in [0.29, 0.717) is 12.2 Å². The first-order chi connectivity index (χ1) is 16.2. The van der Waals surface area contributed by atoms with Gasteiger partial charge in [0.1, 0.15) is 0 Å². The van der Waals surface area contributed by atoms with Crippen LogP contribution in [0.3, 0.4) is 0 Å². The van der Waals surface area contributed by atoms with Crippen LogP contribution in [-0.2, 0) is 4.74 Å². The van der Waals surface area contributed by atoms with Crippen LogP contribution in [0.4, 0.5) is 11.4 Å². The summed E-state index contributed by atoms with van der Waals surface area (Å²) in [5.74, 6) is -0.133. The maximum Gasteiger partial charge on any atom is 0.253 e. The lowest BCUT2D eigenvalue weighted by molar-refractivity contribution is 0.0895. The topological polar surface area (TPSA) is 91.9 Å². The zero-order valence-corrected chi connectivity index (χ0v) is 18.7. The molecule has 0 aliphatic rings. The van der Waals surface area contributed by atoms with Gasteiger partial charge in [0.05, 0.1) is 40.8 Å². The van der Waals surface area contributed by atoms with Crippen LogP contribution in [-0.4, -0.2) is 40.8 Å². The predicted octanol–water partition coefficient (Wildman–Crippen LogP) is 5.03. The minimum Gasteiger partial charge on any atom is -0.383 e. The lowest BCUT2D eigenvalue weighted by atomic mass is 10.1. The fourth-order valence-electron chi connectivity index (χ4n) is 3.56. The summed E-state index contributed by atoms with van der Waals surface area (Å²) in [7, 11) is 1.63. The van der Waals surface area contributed by atoms with Gasteiger partial charge in [0.2, 0.25) is 0 Å². The molecule has 33 heavy (non-hydrogen) atoms. The van der Waals surface area contributed by atoms with Crippen LogP contribution < -0.4 is 10.6 Å². The molecule has 0 aliphatic heterocycles. The molecule has 168 valence electrons. The number of carbonyl (C=O) groups is 1. The molecule has 0 fully saturated rings. The van der Waals surface area contributed by atoms with Crippen molar-refractivity contribution in [1.82, 2.24) is 20.5 Å². The number of para-hydroxylation sites is 1. The molecule has 3 N–H and O–H groups in total. The van der Waals surface area contributed by atoms with Crippen molar-refractivity contribution in [2.24, 2.45) is 0 Å². The molecule has 2 heterocycles. The van der Waals surface area contributed by atoms with Gasteiger partial charge < -0.3 is 15.4 Å². The third-order valence-corrected chi connectivity index (χ3v) is 5.34. The number of methoxy groups -OCH3 is 1. The fourth-order valence-corrected chi connectivity index (χ4v) is 3.56. The number of H-pyrrole nitrogens is 1. The summed E-state index contributed by atoms with van der Waals surface area (Å²) < 4.78 is 5.19. The summed E-state index contributed by atoms with van der Waals surface area (Å²) in [5, 5.41) is 14.9. The third-order valence-electron chi connectivity index (χ3n) is 5.34. The van der Waals surface area contributed by atoms with Gasteiger partial charge in [0.15, 0.2) is 0 Å². The maximum atomic E-state index is 12.9. The largest absolute Gasteiger partial charge is 0.383 e. The predicted molar refractivity (Wildman–Crippen MR) is 132 cm³/mol. The molecule has 2 aromatic heterocycles. The number of ether oxygens (including phenoxy) is 1. The number of benzene rings is 2. The van der Waals surface area contributed by atoms with Gasteiger partial charge in [-0.2, -0.15) is 5.10 Å². The van der Waals surface area contributed by atoms with E-state index in [0.717, 1.165) is 40.1 Å². The molecule has 1 unspecified atom stereocenters. The monoisotopic (exact) mass is 441 g/mol. The molecule has 0 radical (unpaired) electrons. The molecule has 0 saturated carbocycles. The van der Waals surface area contributed by atoms with Gasteiger partial charge >= 0.3 is 0 Å². The summed E-state index contributed by atoms with van der Waals surface area (Å²) in [6.07, 6.45) is 6.43. The standard InChI is InChI=1S/C26H27N5O2/c1-3-18(17-33-2)29-26(32)22-9-4-5-10-23(22)28-20-11-13-21-24(30-31-25(21)16-20)14-12-19-8-6-7-15-27-19/h4-16,18,28H,3,17H2,1-2H3,(H,29,32)(H,30,31)/b14-12+. The van der Waals surface area contributed by atoms with Gasteiger partial charge in [-0.25, -0.2) is 0 Å². The first-order valence-electron chi connectivity index (χ1n) is 10.9. The summed E-state index contributed by atoms with van der Waals surface area (Å²) in [6.45, 7) is 2.50. The number of carbonyl (C=O) groups excluding carboxylic acids is 1. The number of aromatic amines is 1. The van der Waals surface area contributed by atoms with Crippen LogP contribution in [0.25, 0.3) is 23.1 Å². The minimum atomic E-state index is -0.133. The second-order valence-electron chi connectivity index (χ2n) is 7.66. The first-order valence-corrected chi connectivity index (χ1v) is 10.9. The van der Waals surface area contributed by atoms with Crippen molar-refractivity contribution in [2.75, 3.05) is 19.0 Å². The molecular weight excluding hydrogens is 414 g/mol. The fraction of sp³-hybridized carbons (Fsp3) is 0.192. The lowest BCUT2D eigenvalue weighted by Gasteiger charge is -2.18. The Morgan fingerprint density at radius 3 is 2.76 bits per heavy atom. The Hall–Kier alpha value is -3.97. The van der Waals surface area contributed by atoms with E-state index in [2.05, 4.69) is 25.8 Å². The van der Waals surface area contributed by atoms with Gasteiger partial charge in [0, 0.05) is 24.4 Å². The van der Waals surface area contributed by atoms with Crippen molar-refractivity contribution in [1.29, 1.82) is 0 Å². The van der Waals surface area contributed by atoms with Crippen molar-refractivity contribution >= 4 is 40.3 Å². The molecule has 0 aliphatic carbocycles. The number of fused-ring (bicyclic) bond motifs is 1. The van der Waals surface area contributed by atoms with Gasteiger partial charge in [-0.05, 0) is 61.0 Å². The highest BCUT2D eigenvalue weighted by molar-refractivity contribution is 6.01. The normalized spacial score (nSPS) is 12.2. The number of aromatic nitrogens is 3. The van der Waals surface area contributed by atoms with Crippen LogP contribution in [0.2, 0.25) is 0 Å². The number of anilines is 2. The van der Waals surface area contributed by atoms with E-state index in [4.69, 9.17) is 4.74 Å². The smallest absolute Gasteiger partial charge is 0.253 e. The van der Waals surface area contributed by atoms with Crippen molar-refractivity contribution in [3.8, 4) is 0 Å². The van der Waals surface area contributed by atoms with E-state index < -0.39 is 0 Å². The highest BCUT2D eigenvalue weighted by Crippen LogP contribution is 2.26. The van der Waals surface area contributed by atoms with E-state index in [-0.39, 0.29) is 11.9 Å². The Balaban J connectivity index is 1.53. The van der Waals surface area contributed by atoms with Gasteiger partial charge in [-0.15, -0.1) is 0 Å². The number of nitrogens with zero attached hydrogens (tertiary/aromatic N) is 2. The minimum absolute atomic E-state index is 0.0329. The second kappa shape index (κ2) is 10.6. The van der Waals surface area contributed by atoms with E-state index in [9.17, 15) is 4.79 Å². The molecule has 1 amide bonds. The van der Waals surface area contributed by atoms with Crippen LogP contribution in [0.5, 0.6) is 0 Å². The molecule has 7 nitrogen and oxygen atoms in total. The Kier molecular flexibility index (Phi) is 7.12. The van der Waals surface area contributed by atoms with Gasteiger partial charge in [0.25, 0.3) is 5.91 Å². The molecule has 0 bridgehead atoms. The van der Waals surface area contributed by atoms with Crippen molar-refractivity contribution in [3.63, 3.8) is 0 Å². The number of amides is 1. The molecule has 4 aromatic rings. The SMILES string of the molecule is CCC(COC)NC(=O)c1ccccc1Nc1ccc2c(/C=C/c3ccccn3)n[nH]c2c1. The quantitative estimate of drug-likeness (QED) is 0.339. The average molecular weight is 442 g/mol. The Bertz CT molecular complexity index is 1250. The van der Waals surface area contributed by atoms with Crippen LogP contribution >= 0.6 is 0 Å². The van der Waals surface area contributed by atoms with Gasteiger partial charge in [-0.3, -0.25) is 14.9 Å². The number of rotatable bonds is 9. The van der Waals surface area contributed by atoms with Crippen LogP contribution in [0.1, 0.15) is 35.1 Å².